The Labute approximate surface area is 83.3 Å². The topological polar surface area (TPSA) is 54.1 Å². The van der Waals surface area contributed by atoms with Crippen LogP contribution in [0, 0.1) is 0 Å². The zero-order chi connectivity index (χ0) is 9.97. The number of likely N-dealkylation sites (tertiary alicyclic amines) is 1. The molecule has 2 heterocycles. The van der Waals surface area contributed by atoms with Gasteiger partial charge in [-0.25, -0.2) is 4.79 Å². The van der Waals surface area contributed by atoms with Crippen molar-refractivity contribution in [2.24, 2.45) is 0 Å². The van der Waals surface area contributed by atoms with Crippen molar-refractivity contribution in [1.29, 1.82) is 0 Å². The third-order valence-electron chi connectivity index (χ3n) is 2.64. The SMILES string of the molecule is COC(=O)NC1CCN(CC2CO2)C1. The normalized spacial score (nSPS) is 31.5. The highest BCUT2D eigenvalue weighted by Crippen LogP contribution is 2.15. The molecule has 2 unspecified atom stereocenters. The molecule has 5 nitrogen and oxygen atoms in total. The zero-order valence-corrected chi connectivity index (χ0v) is 8.36. The minimum atomic E-state index is -0.334. The summed E-state index contributed by atoms with van der Waals surface area (Å²) in [6, 6.07) is 0.237. The van der Waals surface area contributed by atoms with Crippen LogP contribution in [-0.2, 0) is 9.47 Å². The molecular formula is C9H16N2O3. The Kier molecular flexibility index (Phi) is 2.88. The molecule has 0 aromatic heterocycles. The molecule has 0 aliphatic carbocycles. The number of hydrogen-bond donors (Lipinski definition) is 1. The van der Waals surface area contributed by atoms with Gasteiger partial charge in [0.15, 0.2) is 0 Å². The van der Waals surface area contributed by atoms with Crippen LogP contribution in [0.2, 0.25) is 0 Å². The fraction of sp³-hybridized carbons (Fsp3) is 0.889. The number of rotatable bonds is 3. The first kappa shape index (κ1) is 9.73. The largest absolute Gasteiger partial charge is 0.453 e. The fourth-order valence-corrected chi connectivity index (χ4v) is 1.80. The molecule has 80 valence electrons. The van der Waals surface area contributed by atoms with Crippen LogP contribution in [0.15, 0.2) is 0 Å². The van der Waals surface area contributed by atoms with Crippen molar-refractivity contribution in [3.8, 4) is 0 Å². The van der Waals surface area contributed by atoms with Gasteiger partial charge in [0.1, 0.15) is 0 Å². The molecule has 2 rings (SSSR count). The molecule has 2 saturated heterocycles. The Morgan fingerprint density at radius 2 is 2.50 bits per heavy atom. The number of nitrogens with one attached hydrogen (secondary N) is 1. The number of epoxide rings is 1. The average Bonchev–Trinajstić information content (AvgIpc) is 2.87. The molecule has 0 saturated carbocycles. The molecule has 2 aliphatic heterocycles. The summed E-state index contributed by atoms with van der Waals surface area (Å²) < 4.78 is 9.70. The van der Waals surface area contributed by atoms with Gasteiger partial charge in [0.05, 0.1) is 19.8 Å². The van der Waals surface area contributed by atoms with Crippen molar-refractivity contribution >= 4 is 6.09 Å². The molecule has 2 aliphatic rings. The van der Waals surface area contributed by atoms with E-state index in [1.54, 1.807) is 0 Å². The second-order valence-corrected chi connectivity index (χ2v) is 3.84. The highest BCUT2D eigenvalue weighted by atomic mass is 16.6. The zero-order valence-electron chi connectivity index (χ0n) is 8.36. The maximum absolute atomic E-state index is 10.9. The minimum absolute atomic E-state index is 0.237. The van der Waals surface area contributed by atoms with E-state index in [1.165, 1.54) is 7.11 Å². The van der Waals surface area contributed by atoms with Gasteiger partial charge in [-0.15, -0.1) is 0 Å². The monoisotopic (exact) mass is 200 g/mol. The van der Waals surface area contributed by atoms with E-state index in [9.17, 15) is 4.79 Å². The van der Waals surface area contributed by atoms with Crippen LogP contribution < -0.4 is 5.32 Å². The van der Waals surface area contributed by atoms with E-state index in [0.717, 1.165) is 32.7 Å². The van der Waals surface area contributed by atoms with Crippen LogP contribution in [0.3, 0.4) is 0 Å². The first-order valence-electron chi connectivity index (χ1n) is 4.96. The second kappa shape index (κ2) is 4.14. The Bertz CT molecular complexity index is 218. The van der Waals surface area contributed by atoms with Crippen LogP contribution in [0.1, 0.15) is 6.42 Å². The van der Waals surface area contributed by atoms with E-state index in [4.69, 9.17) is 4.74 Å². The molecule has 1 N–H and O–H groups in total. The Hall–Kier alpha value is -0.810. The lowest BCUT2D eigenvalue weighted by Gasteiger charge is -2.14. The summed E-state index contributed by atoms with van der Waals surface area (Å²) in [4.78, 5) is 13.3. The standard InChI is InChI=1S/C9H16N2O3/c1-13-9(12)10-7-2-3-11(4-7)5-8-6-14-8/h7-8H,2-6H2,1H3,(H,10,12). The molecule has 0 spiro atoms. The van der Waals surface area contributed by atoms with E-state index < -0.39 is 0 Å². The summed E-state index contributed by atoms with van der Waals surface area (Å²) in [7, 11) is 1.39. The molecule has 0 bridgehead atoms. The van der Waals surface area contributed by atoms with E-state index >= 15 is 0 Å². The maximum Gasteiger partial charge on any atom is 0.407 e. The van der Waals surface area contributed by atoms with E-state index in [1.807, 2.05) is 0 Å². The quantitative estimate of drug-likeness (QED) is 0.642. The van der Waals surface area contributed by atoms with Crippen LogP contribution in [0.5, 0.6) is 0 Å². The number of alkyl carbamates (subject to hydrolysis) is 1. The predicted molar refractivity (Wildman–Crippen MR) is 50.1 cm³/mol. The minimum Gasteiger partial charge on any atom is -0.453 e. The molecule has 14 heavy (non-hydrogen) atoms. The van der Waals surface area contributed by atoms with Gasteiger partial charge < -0.3 is 14.8 Å². The summed E-state index contributed by atoms with van der Waals surface area (Å²) in [6.45, 7) is 3.84. The Morgan fingerprint density at radius 1 is 1.71 bits per heavy atom. The van der Waals surface area contributed by atoms with E-state index in [-0.39, 0.29) is 12.1 Å². The van der Waals surface area contributed by atoms with Crippen molar-refractivity contribution in [3.05, 3.63) is 0 Å². The summed E-state index contributed by atoms with van der Waals surface area (Å²) in [5.41, 5.74) is 0. The lowest BCUT2D eigenvalue weighted by atomic mass is 10.3. The van der Waals surface area contributed by atoms with Crippen molar-refractivity contribution < 1.29 is 14.3 Å². The van der Waals surface area contributed by atoms with Gasteiger partial charge in [-0.2, -0.15) is 0 Å². The summed E-state index contributed by atoms with van der Waals surface area (Å²) in [5.74, 6) is 0. The lowest BCUT2D eigenvalue weighted by Crippen LogP contribution is -2.37. The highest BCUT2D eigenvalue weighted by molar-refractivity contribution is 5.67. The lowest BCUT2D eigenvalue weighted by molar-refractivity contribution is 0.166. The first-order chi connectivity index (χ1) is 6.78. The predicted octanol–water partition coefficient (Wildman–Crippen LogP) is -0.185. The number of hydrogen-bond acceptors (Lipinski definition) is 4. The molecular weight excluding hydrogens is 184 g/mol. The fourth-order valence-electron chi connectivity index (χ4n) is 1.80. The number of nitrogens with zero attached hydrogens (tertiary/aromatic N) is 1. The number of methoxy groups -OCH3 is 1. The summed E-state index contributed by atoms with van der Waals surface area (Å²) in [5, 5.41) is 2.81. The van der Waals surface area contributed by atoms with Crippen LogP contribution >= 0.6 is 0 Å². The van der Waals surface area contributed by atoms with Gasteiger partial charge in [0.25, 0.3) is 0 Å². The van der Waals surface area contributed by atoms with Crippen molar-refractivity contribution in [2.75, 3.05) is 33.4 Å². The average molecular weight is 200 g/mol. The third kappa shape index (κ3) is 2.59. The Morgan fingerprint density at radius 3 is 3.14 bits per heavy atom. The highest BCUT2D eigenvalue weighted by Gasteiger charge is 2.30. The first-order valence-corrected chi connectivity index (χ1v) is 4.96. The van der Waals surface area contributed by atoms with Gasteiger partial charge in [0.2, 0.25) is 0 Å². The number of ether oxygens (including phenoxy) is 2. The van der Waals surface area contributed by atoms with Gasteiger partial charge in [-0.05, 0) is 6.42 Å². The molecule has 2 atom stereocenters. The van der Waals surface area contributed by atoms with Crippen molar-refractivity contribution in [1.82, 2.24) is 10.2 Å². The molecule has 0 aromatic carbocycles. The van der Waals surface area contributed by atoms with E-state index in [2.05, 4.69) is 15.0 Å². The van der Waals surface area contributed by atoms with Gasteiger partial charge in [-0.1, -0.05) is 0 Å². The third-order valence-corrected chi connectivity index (χ3v) is 2.64. The molecule has 0 radical (unpaired) electrons. The smallest absolute Gasteiger partial charge is 0.407 e. The van der Waals surface area contributed by atoms with Crippen LogP contribution in [0.25, 0.3) is 0 Å². The van der Waals surface area contributed by atoms with Crippen molar-refractivity contribution in [3.63, 3.8) is 0 Å². The van der Waals surface area contributed by atoms with Gasteiger partial charge in [0, 0.05) is 25.7 Å². The summed E-state index contributed by atoms with van der Waals surface area (Å²) in [6.07, 6.45) is 1.10. The molecule has 2 fully saturated rings. The molecule has 1 amide bonds. The molecule has 5 heteroatoms. The second-order valence-electron chi connectivity index (χ2n) is 3.84. The molecule has 0 aromatic rings. The van der Waals surface area contributed by atoms with Crippen LogP contribution in [-0.4, -0.2) is 56.5 Å². The number of carbonyl (C=O) groups excluding carboxylic acids is 1. The summed E-state index contributed by atoms with van der Waals surface area (Å²) >= 11 is 0. The number of carbonyl (C=O) groups is 1. The number of amides is 1. The van der Waals surface area contributed by atoms with Gasteiger partial charge in [-0.3, -0.25) is 4.90 Å². The Balaban J connectivity index is 1.68. The van der Waals surface area contributed by atoms with E-state index in [0.29, 0.717) is 6.10 Å². The van der Waals surface area contributed by atoms with Crippen molar-refractivity contribution in [2.45, 2.75) is 18.6 Å². The van der Waals surface area contributed by atoms with Crippen LogP contribution in [0.4, 0.5) is 4.79 Å². The van der Waals surface area contributed by atoms with Gasteiger partial charge >= 0.3 is 6.09 Å². The maximum atomic E-state index is 10.9.